The van der Waals surface area contributed by atoms with Gasteiger partial charge in [0.05, 0.1) is 24.0 Å². The van der Waals surface area contributed by atoms with Crippen LogP contribution in [-0.2, 0) is 24.2 Å². The van der Waals surface area contributed by atoms with Crippen molar-refractivity contribution in [3.8, 4) is 0 Å². The van der Waals surface area contributed by atoms with Gasteiger partial charge in [0.1, 0.15) is 5.82 Å². The number of carbonyl (C=O) groups is 2. The van der Waals surface area contributed by atoms with Gasteiger partial charge in [0, 0.05) is 23.6 Å². The normalized spacial score (nSPS) is 10.9. The van der Waals surface area contributed by atoms with Gasteiger partial charge in [0.25, 0.3) is 0 Å². The fourth-order valence-corrected chi connectivity index (χ4v) is 3.64. The third-order valence-electron chi connectivity index (χ3n) is 5.08. The van der Waals surface area contributed by atoms with Gasteiger partial charge in [-0.1, -0.05) is 66.2 Å². The SMILES string of the molecule is O=C(Cc1ccc(Cl)cc1)NCCc1nc2ccccc2n1CC(=O)c1ccccc1. The van der Waals surface area contributed by atoms with E-state index in [0.717, 1.165) is 22.4 Å². The fraction of sp³-hybridized carbons (Fsp3) is 0.160. The Morgan fingerprint density at radius 1 is 0.903 bits per heavy atom. The molecule has 0 aliphatic rings. The molecule has 0 aliphatic carbocycles. The number of hydrogen-bond acceptors (Lipinski definition) is 3. The Bertz CT molecular complexity index is 1200. The number of nitrogens with zero attached hydrogens (tertiary/aromatic N) is 2. The Balaban J connectivity index is 1.44. The highest BCUT2D eigenvalue weighted by molar-refractivity contribution is 6.30. The summed E-state index contributed by atoms with van der Waals surface area (Å²) in [4.78, 5) is 29.8. The zero-order chi connectivity index (χ0) is 21.6. The molecule has 4 rings (SSSR count). The van der Waals surface area contributed by atoms with Crippen molar-refractivity contribution in [2.45, 2.75) is 19.4 Å². The highest BCUT2D eigenvalue weighted by Crippen LogP contribution is 2.17. The summed E-state index contributed by atoms with van der Waals surface area (Å²) in [7, 11) is 0. The molecule has 0 atom stereocenters. The molecule has 31 heavy (non-hydrogen) atoms. The molecule has 1 heterocycles. The lowest BCUT2D eigenvalue weighted by Crippen LogP contribution is -2.28. The maximum Gasteiger partial charge on any atom is 0.224 e. The number of rotatable bonds is 8. The smallest absolute Gasteiger partial charge is 0.224 e. The molecular weight excluding hydrogens is 410 g/mol. The van der Waals surface area contributed by atoms with E-state index in [4.69, 9.17) is 16.6 Å². The standard InChI is InChI=1S/C25H22ClN3O2/c26-20-12-10-18(11-13-20)16-25(31)27-15-14-24-28-21-8-4-5-9-22(21)29(24)17-23(30)19-6-2-1-3-7-19/h1-13H,14-17H2,(H,27,31). The van der Waals surface area contributed by atoms with Crippen LogP contribution in [-0.4, -0.2) is 27.8 Å². The first-order chi connectivity index (χ1) is 15.1. The second-order valence-corrected chi connectivity index (χ2v) is 7.73. The summed E-state index contributed by atoms with van der Waals surface area (Å²) in [5, 5.41) is 3.59. The molecule has 0 spiro atoms. The number of hydrogen-bond donors (Lipinski definition) is 1. The largest absolute Gasteiger partial charge is 0.355 e. The van der Waals surface area contributed by atoms with Gasteiger partial charge in [0.15, 0.2) is 5.78 Å². The van der Waals surface area contributed by atoms with E-state index in [0.29, 0.717) is 30.0 Å². The molecule has 3 aromatic carbocycles. The molecule has 1 amide bonds. The number of para-hydroxylation sites is 2. The Morgan fingerprint density at radius 2 is 1.61 bits per heavy atom. The second kappa shape index (κ2) is 9.58. The lowest BCUT2D eigenvalue weighted by molar-refractivity contribution is -0.120. The van der Waals surface area contributed by atoms with Crippen molar-refractivity contribution in [1.29, 1.82) is 0 Å². The van der Waals surface area contributed by atoms with Crippen molar-refractivity contribution in [1.82, 2.24) is 14.9 Å². The van der Waals surface area contributed by atoms with Gasteiger partial charge in [-0.3, -0.25) is 9.59 Å². The molecule has 156 valence electrons. The van der Waals surface area contributed by atoms with Crippen LogP contribution in [0.4, 0.5) is 0 Å². The van der Waals surface area contributed by atoms with Crippen LogP contribution in [0.15, 0.2) is 78.9 Å². The third kappa shape index (κ3) is 5.19. The second-order valence-electron chi connectivity index (χ2n) is 7.30. The summed E-state index contributed by atoms with van der Waals surface area (Å²) >= 11 is 5.89. The van der Waals surface area contributed by atoms with Crippen LogP contribution in [0.3, 0.4) is 0 Å². The topological polar surface area (TPSA) is 64.0 Å². The predicted molar refractivity (Wildman–Crippen MR) is 122 cm³/mol. The quantitative estimate of drug-likeness (QED) is 0.418. The Kier molecular flexibility index (Phi) is 6.43. The number of benzene rings is 3. The van der Waals surface area contributed by atoms with Crippen molar-refractivity contribution in [2.24, 2.45) is 0 Å². The van der Waals surface area contributed by atoms with Crippen LogP contribution in [0.5, 0.6) is 0 Å². The van der Waals surface area contributed by atoms with E-state index in [1.165, 1.54) is 0 Å². The molecular formula is C25H22ClN3O2. The van der Waals surface area contributed by atoms with Crippen molar-refractivity contribution in [3.63, 3.8) is 0 Å². The van der Waals surface area contributed by atoms with E-state index in [1.807, 2.05) is 71.3 Å². The number of carbonyl (C=O) groups excluding carboxylic acids is 2. The Hall–Kier alpha value is -3.44. The van der Waals surface area contributed by atoms with Crippen LogP contribution >= 0.6 is 11.6 Å². The highest BCUT2D eigenvalue weighted by Gasteiger charge is 2.15. The average Bonchev–Trinajstić information content (AvgIpc) is 3.13. The summed E-state index contributed by atoms with van der Waals surface area (Å²) in [6, 6.07) is 24.2. The van der Waals surface area contributed by atoms with E-state index < -0.39 is 0 Å². The van der Waals surface area contributed by atoms with E-state index in [1.54, 1.807) is 12.1 Å². The maximum absolute atomic E-state index is 12.8. The first-order valence-electron chi connectivity index (χ1n) is 10.1. The summed E-state index contributed by atoms with van der Waals surface area (Å²) in [6.07, 6.45) is 0.823. The van der Waals surface area contributed by atoms with E-state index in [2.05, 4.69) is 5.32 Å². The van der Waals surface area contributed by atoms with Gasteiger partial charge in [-0.25, -0.2) is 4.98 Å². The Labute approximate surface area is 185 Å². The first kappa shape index (κ1) is 20.8. The lowest BCUT2D eigenvalue weighted by Gasteiger charge is -2.10. The van der Waals surface area contributed by atoms with Gasteiger partial charge in [-0.05, 0) is 29.8 Å². The molecule has 1 N–H and O–H groups in total. The van der Waals surface area contributed by atoms with Gasteiger partial charge in [0.2, 0.25) is 5.91 Å². The zero-order valence-electron chi connectivity index (χ0n) is 16.9. The first-order valence-corrected chi connectivity index (χ1v) is 10.5. The molecule has 0 aliphatic heterocycles. The predicted octanol–water partition coefficient (Wildman–Crippen LogP) is 4.47. The van der Waals surface area contributed by atoms with Crippen LogP contribution < -0.4 is 5.32 Å². The third-order valence-corrected chi connectivity index (χ3v) is 5.33. The number of imidazole rings is 1. The van der Waals surface area contributed by atoms with E-state index in [-0.39, 0.29) is 18.2 Å². The molecule has 0 saturated carbocycles. The number of nitrogens with one attached hydrogen (secondary N) is 1. The summed E-state index contributed by atoms with van der Waals surface area (Å²) in [5.74, 6) is 0.736. The van der Waals surface area contributed by atoms with E-state index in [9.17, 15) is 9.59 Å². The summed E-state index contributed by atoms with van der Waals surface area (Å²) in [6.45, 7) is 0.647. The number of aromatic nitrogens is 2. The molecule has 1 aromatic heterocycles. The van der Waals surface area contributed by atoms with Crippen LogP contribution in [0, 0.1) is 0 Å². The molecule has 0 bridgehead atoms. The van der Waals surface area contributed by atoms with Crippen LogP contribution in [0.25, 0.3) is 11.0 Å². The van der Waals surface area contributed by atoms with Crippen molar-refractivity contribution >= 4 is 34.3 Å². The lowest BCUT2D eigenvalue weighted by atomic mass is 10.1. The van der Waals surface area contributed by atoms with Gasteiger partial charge in [-0.2, -0.15) is 0 Å². The minimum Gasteiger partial charge on any atom is -0.355 e. The number of amides is 1. The molecule has 5 nitrogen and oxygen atoms in total. The van der Waals surface area contributed by atoms with Crippen LogP contribution in [0.2, 0.25) is 5.02 Å². The molecule has 6 heteroatoms. The monoisotopic (exact) mass is 431 g/mol. The van der Waals surface area contributed by atoms with Crippen molar-refractivity contribution < 1.29 is 9.59 Å². The van der Waals surface area contributed by atoms with Crippen molar-refractivity contribution in [3.05, 3.63) is 101 Å². The number of fused-ring (bicyclic) bond motifs is 1. The zero-order valence-corrected chi connectivity index (χ0v) is 17.7. The Morgan fingerprint density at radius 3 is 2.39 bits per heavy atom. The number of ketones is 1. The van der Waals surface area contributed by atoms with Crippen LogP contribution in [0.1, 0.15) is 21.7 Å². The molecule has 0 saturated heterocycles. The van der Waals surface area contributed by atoms with Gasteiger partial charge < -0.3 is 9.88 Å². The van der Waals surface area contributed by atoms with Gasteiger partial charge in [-0.15, -0.1) is 0 Å². The maximum atomic E-state index is 12.8. The van der Waals surface area contributed by atoms with Gasteiger partial charge >= 0.3 is 0 Å². The molecule has 0 unspecified atom stereocenters. The fourth-order valence-electron chi connectivity index (χ4n) is 3.52. The molecule has 0 radical (unpaired) electrons. The summed E-state index contributed by atoms with van der Waals surface area (Å²) in [5.41, 5.74) is 3.32. The minimum absolute atomic E-state index is 0.0248. The minimum atomic E-state index is -0.0645. The molecule has 4 aromatic rings. The highest BCUT2D eigenvalue weighted by atomic mass is 35.5. The summed E-state index contributed by atoms with van der Waals surface area (Å²) < 4.78 is 1.94. The van der Waals surface area contributed by atoms with Crippen molar-refractivity contribution in [2.75, 3.05) is 6.54 Å². The number of halogens is 1. The average molecular weight is 432 g/mol. The molecule has 0 fully saturated rings. The number of Topliss-reactive ketones (excluding diaryl/α,β-unsaturated/α-hetero) is 1. The van der Waals surface area contributed by atoms with E-state index >= 15 is 0 Å².